The van der Waals surface area contributed by atoms with Gasteiger partial charge in [-0.15, -0.1) is 45.6 Å². The van der Waals surface area contributed by atoms with Gasteiger partial charge in [0.15, 0.2) is 0 Å². The molecule has 1 aromatic carbocycles. The number of hydrogen-bond acceptors (Lipinski definition) is 1. The third-order valence-electron chi connectivity index (χ3n) is 4.92. The number of allylic oxidation sites excluding steroid dienone is 7. The Bertz CT molecular complexity index is 772. The third kappa shape index (κ3) is 5.00. The van der Waals surface area contributed by atoms with Gasteiger partial charge >= 0.3 is 26.2 Å². The predicted molar refractivity (Wildman–Crippen MR) is 101 cm³/mol. The van der Waals surface area contributed by atoms with Crippen molar-refractivity contribution in [3.05, 3.63) is 75.5 Å². The molecule has 0 heterocycles. The number of fused-ring (bicyclic) bond motifs is 1. The van der Waals surface area contributed by atoms with E-state index in [4.69, 9.17) is 0 Å². The normalized spacial score (nSPS) is 15.0. The second kappa shape index (κ2) is 10.4. The van der Waals surface area contributed by atoms with Crippen LogP contribution in [0.4, 0.5) is 0 Å². The summed E-state index contributed by atoms with van der Waals surface area (Å²) in [5.74, 6) is 0. The fraction of sp³-hybridized carbons (Fsp3) is 0.333. The molecule has 0 aromatic heterocycles. The van der Waals surface area contributed by atoms with Crippen molar-refractivity contribution in [3.63, 3.8) is 0 Å². The van der Waals surface area contributed by atoms with Gasteiger partial charge in [0, 0.05) is 6.61 Å². The summed E-state index contributed by atoms with van der Waals surface area (Å²) >= 11 is 0. The molecule has 1 N–H and O–H groups in total. The molecule has 0 saturated heterocycles. The van der Waals surface area contributed by atoms with E-state index in [1.165, 1.54) is 38.6 Å². The molecule has 0 amide bonds. The van der Waals surface area contributed by atoms with E-state index in [1.54, 1.807) is 0 Å². The Labute approximate surface area is 190 Å². The number of hydrogen-bond donors (Lipinski definition) is 1. The van der Waals surface area contributed by atoms with Crippen LogP contribution >= 0.6 is 0 Å². The molecule has 0 spiro atoms. The Kier molecular flexibility index (Phi) is 10.3. The molecule has 0 saturated carbocycles. The molecule has 0 fully saturated rings. The van der Waals surface area contributed by atoms with Crippen LogP contribution in [-0.4, -0.2) is 19.8 Å². The minimum absolute atomic E-state index is 0. The van der Waals surface area contributed by atoms with Gasteiger partial charge < -0.3 is 29.9 Å². The number of halogens is 2. The van der Waals surface area contributed by atoms with Gasteiger partial charge in [0.1, 0.15) is 0 Å². The third-order valence-corrected chi connectivity index (χ3v) is 8.30. The largest absolute Gasteiger partial charge is 3.00 e. The van der Waals surface area contributed by atoms with E-state index in [9.17, 15) is 5.11 Å². The van der Waals surface area contributed by atoms with Crippen LogP contribution < -0.4 is 24.8 Å². The molecule has 3 rings (SSSR count). The Balaban J connectivity index is 0.00000208. The van der Waals surface area contributed by atoms with Gasteiger partial charge in [0.25, 0.3) is 0 Å². The van der Waals surface area contributed by atoms with Gasteiger partial charge in [-0.25, -0.2) is 0 Å². The van der Waals surface area contributed by atoms with Crippen molar-refractivity contribution >= 4 is 13.6 Å². The Morgan fingerprint density at radius 1 is 1.15 bits per heavy atom. The molecule has 0 aliphatic heterocycles. The average molecular weight is 484 g/mol. The Hall–Kier alpha value is -0.180. The van der Waals surface area contributed by atoms with Crippen molar-refractivity contribution < 1.29 is 56.1 Å². The van der Waals surface area contributed by atoms with Crippen LogP contribution in [0.5, 0.6) is 0 Å². The van der Waals surface area contributed by atoms with E-state index in [2.05, 4.69) is 69.4 Å². The van der Waals surface area contributed by atoms with Gasteiger partial charge in [-0.2, -0.15) is 0 Å². The summed E-state index contributed by atoms with van der Waals surface area (Å²) in [5.41, 5.74) is 7.86. The van der Waals surface area contributed by atoms with E-state index in [-0.39, 0.29) is 51.0 Å². The van der Waals surface area contributed by atoms with Crippen molar-refractivity contribution in [1.82, 2.24) is 0 Å². The Morgan fingerprint density at radius 2 is 1.81 bits per heavy atom. The van der Waals surface area contributed by atoms with Gasteiger partial charge in [-0.05, 0) is 12.5 Å². The molecule has 5 heteroatoms. The van der Waals surface area contributed by atoms with Crippen LogP contribution in [0.15, 0.2) is 58.3 Å². The SMILES string of the molecule is CC(C)=C1C(C2=CC([Si](C)(C)CCO)=CC2)=[C-]c2ccccc21.[Cl-].[Cl-].[Zr+3]. The monoisotopic (exact) mass is 481 g/mol. The Morgan fingerprint density at radius 3 is 2.42 bits per heavy atom. The summed E-state index contributed by atoms with van der Waals surface area (Å²) in [6, 6.07) is 9.48. The predicted octanol–water partition coefficient (Wildman–Crippen LogP) is -0.927. The zero-order valence-corrected chi connectivity index (χ0v) is 20.8. The topological polar surface area (TPSA) is 20.2 Å². The second-order valence-electron chi connectivity index (χ2n) is 7.31. The molecule has 1 nitrogen and oxygen atoms in total. The summed E-state index contributed by atoms with van der Waals surface area (Å²) < 4.78 is 0. The second-order valence-corrected chi connectivity index (χ2v) is 12.2. The zero-order valence-electron chi connectivity index (χ0n) is 15.8. The fourth-order valence-corrected chi connectivity index (χ4v) is 5.56. The van der Waals surface area contributed by atoms with E-state index in [0.29, 0.717) is 6.61 Å². The first-order valence-corrected chi connectivity index (χ1v) is 11.6. The first-order chi connectivity index (χ1) is 10.9. The first-order valence-electron chi connectivity index (χ1n) is 8.37. The summed E-state index contributed by atoms with van der Waals surface area (Å²) in [7, 11) is -1.51. The quantitative estimate of drug-likeness (QED) is 0.434. The summed E-state index contributed by atoms with van der Waals surface area (Å²) in [6.45, 7) is 9.36. The van der Waals surface area contributed by atoms with Crippen molar-refractivity contribution in [3.8, 4) is 0 Å². The molecule has 137 valence electrons. The van der Waals surface area contributed by atoms with Crippen LogP contribution in [-0.2, 0) is 26.2 Å². The molecular formula is C21H25Cl2OSiZr. The van der Waals surface area contributed by atoms with Crippen molar-refractivity contribution in [1.29, 1.82) is 0 Å². The first kappa shape index (κ1) is 25.8. The maximum Gasteiger partial charge on any atom is 3.00 e. The minimum atomic E-state index is -1.51. The maximum absolute atomic E-state index is 9.33. The molecule has 1 radical (unpaired) electrons. The molecule has 2 aliphatic rings. The van der Waals surface area contributed by atoms with Crippen LogP contribution in [0.3, 0.4) is 0 Å². The van der Waals surface area contributed by atoms with E-state index in [0.717, 1.165) is 12.5 Å². The smallest absolute Gasteiger partial charge is 1.00 e. The van der Waals surface area contributed by atoms with Crippen LogP contribution in [0, 0.1) is 6.08 Å². The van der Waals surface area contributed by atoms with Gasteiger partial charge in [-0.1, -0.05) is 62.5 Å². The standard InChI is InChI=1S/C21H25OSi.2ClH.Zr/c1-15(2)21-19-8-6-5-7-16(19)14-20(21)17-9-10-18(13-17)23(3,4)12-11-22;;;/h5-8,10,13,22H,9,11-12H2,1-4H3;2*1H;/q-1;;;+3/p-2. The van der Waals surface area contributed by atoms with E-state index < -0.39 is 8.07 Å². The van der Waals surface area contributed by atoms with Gasteiger partial charge in [0.2, 0.25) is 0 Å². The van der Waals surface area contributed by atoms with Crippen LogP contribution in [0.25, 0.3) is 5.57 Å². The fourth-order valence-electron chi connectivity index (χ4n) is 3.50. The van der Waals surface area contributed by atoms with Crippen LogP contribution in [0.2, 0.25) is 19.1 Å². The van der Waals surface area contributed by atoms with E-state index >= 15 is 0 Å². The molecule has 1 aromatic rings. The summed E-state index contributed by atoms with van der Waals surface area (Å²) in [5, 5.41) is 10.8. The maximum atomic E-state index is 9.33. The molecule has 2 aliphatic carbocycles. The molecule has 0 bridgehead atoms. The number of rotatable bonds is 4. The summed E-state index contributed by atoms with van der Waals surface area (Å²) in [4.78, 5) is 0. The number of aliphatic hydroxyl groups is 1. The van der Waals surface area contributed by atoms with Crippen molar-refractivity contribution in [2.24, 2.45) is 0 Å². The number of aliphatic hydroxyl groups excluding tert-OH is 1. The number of benzene rings is 1. The molecule has 0 unspecified atom stereocenters. The van der Waals surface area contributed by atoms with Crippen molar-refractivity contribution in [2.45, 2.75) is 39.4 Å². The molecule has 26 heavy (non-hydrogen) atoms. The van der Waals surface area contributed by atoms with E-state index in [1.807, 2.05) is 0 Å². The molecular weight excluding hydrogens is 458 g/mol. The van der Waals surface area contributed by atoms with Gasteiger partial charge in [0.05, 0.1) is 8.07 Å². The molecule has 0 atom stereocenters. The van der Waals surface area contributed by atoms with Crippen molar-refractivity contribution in [2.75, 3.05) is 6.61 Å². The zero-order chi connectivity index (χ0) is 16.6. The minimum Gasteiger partial charge on any atom is -1.00 e. The average Bonchev–Trinajstić information content (AvgIpc) is 3.12. The summed E-state index contributed by atoms with van der Waals surface area (Å²) in [6.07, 6.45) is 9.37. The van der Waals surface area contributed by atoms with Gasteiger partial charge in [-0.3, -0.25) is 0 Å². The van der Waals surface area contributed by atoms with Crippen LogP contribution in [0.1, 0.15) is 31.4 Å².